The summed E-state index contributed by atoms with van der Waals surface area (Å²) in [5, 5.41) is 8.75. The lowest BCUT2D eigenvalue weighted by atomic mass is 9.69. The van der Waals surface area contributed by atoms with Crippen LogP contribution < -0.4 is 0 Å². The van der Waals surface area contributed by atoms with Crippen LogP contribution in [0.3, 0.4) is 0 Å². The first-order chi connectivity index (χ1) is 12.7. The Labute approximate surface area is 152 Å². The van der Waals surface area contributed by atoms with E-state index in [1.54, 1.807) is 6.07 Å². The molecular weight excluding hydrogens is 336 g/mol. The van der Waals surface area contributed by atoms with E-state index in [9.17, 15) is 9.59 Å². The first-order valence-corrected chi connectivity index (χ1v) is 9.41. The molecule has 6 unspecified atom stereocenters. The zero-order chi connectivity index (χ0) is 18.1. The number of hydrogen-bond acceptors (Lipinski definition) is 6. The van der Waals surface area contributed by atoms with Gasteiger partial charge in [-0.1, -0.05) is 12.8 Å². The second kappa shape index (κ2) is 7.17. The highest BCUT2D eigenvalue weighted by Crippen LogP contribution is 2.59. The van der Waals surface area contributed by atoms with Gasteiger partial charge in [-0.3, -0.25) is 4.79 Å². The maximum atomic E-state index is 12.4. The molecule has 4 rings (SSSR count). The van der Waals surface area contributed by atoms with Crippen molar-refractivity contribution in [3.8, 4) is 0 Å². The van der Waals surface area contributed by atoms with Crippen molar-refractivity contribution < 1.29 is 28.6 Å². The van der Waals surface area contributed by atoms with Crippen LogP contribution >= 0.6 is 0 Å². The van der Waals surface area contributed by atoms with Crippen molar-refractivity contribution in [1.82, 2.24) is 0 Å². The molecule has 0 aliphatic heterocycles. The molecule has 0 aromatic carbocycles. The van der Waals surface area contributed by atoms with E-state index in [-0.39, 0.29) is 18.3 Å². The van der Waals surface area contributed by atoms with E-state index in [1.165, 1.54) is 44.3 Å². The average Bonchev–Trinajstić information content (AvgIpc) is 3.37. The van der Waals surface area contributed by atoms with E-state index in [0.717, 1.165) is 12.7 Å². The van der Waals surface area contributed by atoms with Gasteiger partial charge in [0.2, 0.25) is 0 Å². The van der Waals surface area contributed by atoms with Gasteiger partial charge in [0, 0.05) is 11.8 Å². The summed E-state index contributed by atoms with van der Waals surface area (Å²) in [6.07, 6.45) is 9.95. The molecule has 1 heterocycles. The third kappa shape index (κ3) is 3.02. The number of carbonyl (C=O) groups excluding carboxylic acids is 2. The van der Waals surface area contributed by atoms with Gasteiger partial charge in [0.1, 0.15) is 18.5 Å². The monoisotopic (exact) mass is 360 g/mol. The van der Waals surface area contributed by atoms with Crippen molar-refractivity contribution in [2.75, 3.05) is 0 Å². The normalized spacial score (nSPS) is 35.4. The fourth-order valence-electron chi connectivity index (χ4n) is 5.39. The van der Waals surface area contributed by atoms with Crippen LogP contribution in [0.15, 0.2) is 35.3 Å². The van der Waals surface area contributed by atoms with Gasteiger partial charge in [-0.15, -0.1) is 0 Å². The molecule has 6 atom stereocenters. The lowest BCUT2D eigenvalue weighted by Crippen LogP contribution is -2.47. The van der Waals surface area contributed by atoms with Gasteiger partial charge >= 0.3 is 11.9 Å². The third-order valence-electron chi connectivity index (χ3n) is 6.34. The van der Waals surface area contributed by atoms with Crippen molar-refractivity contribution >= 4 is 11.9 Å². The summed E-state index contributed by atoms with van der Waals surface area (Å²) in [5.74, 6) is 0.804. The lowest BCUT2D eigenvalue weighted by Gasteiger charge is -2.42. The SMILES string of the molecule is O=C(C/C=C\O)OC1C2CC(C3CCCCC32)C1OC(=O)c1ccoc1. The van der Waals surface area contributed by atoms with Gasteiger partial charge in [-0.2, -0.15) is 0 Å². The standard InChI is InChI=1S/C20H24O6/c21-8-3-6-17(22)25-18-15-10-16(14-5-2-1-4-13(14)15)19(18)26-20(23)12-7-9-24-11-12/h3,7-9,11,13-16,18-19,21H,1-2,4-6,10H2/b8-3-. The van der Waals surface area contributed by atoms with Crippen LogP contribution in [-0.4, -0.2) is 29.3 Å². The molecule has 3 aliphatic carbocycles. The van der Waals surface area contributed by atoms with E-state index in [2.05, 4.69) is 0 Å². The number of aliphatic hydroxyl groups is 1. The Morgan fingerprint density at radius 2 is 1.81 bits per heavy atom. The lowest BCUT2D eigenvalue weighted by molar-refractivity contribution is -0.163. The van der Waals surface area contributed by atoms with Crippen LogP contribution in [-0.2, 0) is 14.3 Å². The Balaban J connectivity index is 1.52. The van der Waals surface area contributed by atoms with Crippen LogP contribution in [0, 0.1) is 23.7 Å². The first kappa shape index (κ1) is 17.2. The van der Waals surface area contributed by atoms with Gasteiger partial charge in [0.05, 0.1) is 24.5 Å². The number of ether oxygens (including phenoxy) is 2. The number of rotatable bonds is 5. The summed E-state index contributed by atoms with van der Waals surface area (Å²) in [4.78, 5) is 24.5. The largest absolute Gasteiger partial charge is 0.516 e. The summed E-state index contributed by atoms with van der Waals surface area (Å²) in [5.41, 5.74) is 0.376. The first-order valence-electron chi connectivity index (χ1n) is 9.41. The number of furan rings is 1. The molecule has 3 saturated carbocycles. The van der Waals surface area contributed by atoms with Crippen molar-refractivity contribution in [3.05, 3.63) is 36.5 Å². The smallest absolute Gasteiger partial charge is 0.341 e. The van der Waals surface area contributed by atoms with Crippen LogP contribution in [0.25, 0.3) is 0 Å². The van der Waals surface area contributed by atoms with Crippen molar-refractivity contribution in [3.63, 3.8) is 0 Å². The number of aliphatic hydroxyl groups excluding tert-OH is 1. The van der Waals surface area contributed by atoms with Crippen LogP contribution in [0.4, 0.5) is 0 Å². The Hall–Kier alpha value is -2.24. The average molecular weight is 360 g/mol. The molecule has 1 aromatic heterocycles. The van der Waals surface area contributed by atoms with Gasteiger partial charge in [-0.05, 0) is 43.2 Å². The molecule has 3 fully saturated rings. The molecule has 3 aliphatic rings. The molecule has 0 radical (unpaired) electrons. The predicted molar refractivity (Wildman–Crippen MR) is 91.2 cm³/mol. The minimum atomic E-state index is -0.431. The predicted octanol–water partition coefficient (Wildman–Crippen LogP) is 3.63. The highest BCUT2D eigenvalue weighted by molar-refractivity contribution is 5.89. The molecule has 0 spiro atoms. The van der Waals surface area contributed by atoms with E-state index in [1.807, 2.05) is 0 Å². The number of carbonyl (C=O) groups is 2. The number of hydrogen-bond donors (Lipinski definition) is 1. The number of esters is 2. The van der Waals surface area contributed by atoms with Crippen LogP contribution in [0.1, 0.15) is 48.9 Å². The fourth-order valence-corrected chi connectivity index (χ4v) is 5.39. The summed E-state index contributed by atoms with van der Waals surface area (Å²) >= 11 is 0. The fraction of sp³-hybridized carbons (Fsp3) is 0.600. The van der Waals surface area contributed by atoms with Gasteiger partial charge in [0.25, 0.3) is 0 Å². The summed E-state index contributed by atoms with van der Waals surface area (Å²) in [6, 6.07) is 1.58. The maximum absolute atomic E-state index is 12.4. The summed E-state index contributed by atoms with van der Waals surface area (Å²) in [6.45, 7) is 0. The quantitative estimate of drug-likeness (QED) is 0.637. The molecular formula is C20H24O6. The minimum Gasteiger partial charge on any atom is -0.516 e. The second-order valence-corrected chi connectivity index (χ2v) is 7.60. The van der Waals surface area contributed by atoms with Gasteiger partial charge < -0.3 is 19.0 Å². The number of fused-ring (bicyclic) bond motifs is 5. The van der Waals surface area contributed by atoms with Crippen LogP contribution in [0.2, 0.25) is 0 Å². The van der Waals surface area contributed by atoms with Gasteiger partial charge in [-0.25, -0.2) is 4.79 Å². The Morgan fingerprint density at radius 1 is 1.12 bits per heavy atom. The van der Waals surface area contributed by atoms with E-state index < -0.39 is 24.1 Å². The Kier molecular flexibility index (Phi) is 4.74. The zero-order valence-corrected chi connectivity index (χ0v) is 14.6. The van der Waals surface area contributed by atoms with Crippen molar-refractivity contribution in [2.45, 2.75) is 50.7 Å². The van der Waals surface area contributed by atoms with Crippen molar-refractivity contribution in [1.29, 1.82) is 0 Å². The molecule has 0 saturated heterocycles. The second-order valence-electron chi connectivity index (χ2n) is 7.60. The molecule has 26 heavy (non-hydrogen) atoms. The molecule has 1 N–H and O–H groups in total. The molecule has 6 nitrogen and oxygen atoms in total. The Morgan fingerprint density at radius 3 is 2.42 bits per heavy atom. The third-order valence-corrected chi connectivity index (χ3v) is 6.34. The Bertz CT molecular complexity index is 678. The highest BCUT2D eigenvalue weighted by Gasteiger charge is 2.61. The topological polar surface area (TPSA) is 86.0 Å². The van der Waals surface area contributed by atoms with Gasteiger partial charge in [0.15, 0.2) is 0 Å². The summed E-state index contributed by atoms with van der Waals surface area (Å²) in [7, 11) is 0. The molecule has 0 amide bonds. The van der Waals surface area contributed by atoms with Crippen molar-refractivity contribution in [2.24, 2.45) is 23.7 Å². The summed E-state index contributed by atoms with van der Waals surface area (Å²) < 4.78 is 16.5. The highest BCUT2D eigenvalue weighted by atomic mass is 16.6. The molecule has 1 aromatic rings. The molecule has 2 bridgehead atoms. The van der Waals surface area contributed by atoms with E-state index in [0.29, 0.717) is 17.4 Å². The minimum absolute atomic E-state index is 0.0148. The molecule has 6 heteroatoms. The van der Waals surface area contributed by atoms with E-state index in [4.69, 9.17) is 19.0 Å². The van der Waals surface area contributed by atoms with E-state index >= 15 is 0 Å². The zero-order valence-electron chi connectivity index (χ0n) is 14.6. The molecule has 140 valence electrons. The maximum Gasteiger partial charge on any atom is 0.341 e. The van der Waals surface area contributed by atoms with Crippen LogP contribution in [0.5, 0.6) is 0 Å².